The first-order valence-electron chi connectivity index (χ1n) is 8.41. The van der Waals surface area contributed by atoms with Gasteiger partial charge in [0.2, 0.25) is 12.2 Å². The summed E-state index contributed by atoms with van der Waals surface area (Å²) < 4.78 is 4.55. The highest BCUT2D eigenvalue weighted by Crippen LogP contribution is 2.46. The van der Waals surface area contributed by atoms with Crippen LogP contribution < -0.4 is 10.6 Å². The lowest BCUT2D eigenvalue weighted by Gasteiger charge is -2.55. The van der Waals surface area contributed by atoms with Gasteiger partial charge in [-0.1, -0.05) is 4.49 Å². The van der Waals surface area contributed by atoms with Crippen LogP contribution in [0, 0.1) is 5.41 Å². The number of thioether (sulfide) groups is 2. The van der Waals surface area contributed by atoms with Gasteiger partial charge in [0.25, 0.3) is 5.91 Å². The van der Waals surface area contributed by atoms with Crippen LogP contribution in [0.5, 0.6) is 0 Å². The molecule has 2 aliphatic rings. The maximum Gasteiger partial charge on any atom is 0.313 e. The van der Waals surface area contributed by atoms with Crippen molar-refractivity contribution in [3.63, 3.8) is 0 Å². The molecule has 4 heterocycles. The van der Waals surface area contributed by atoms with E-state index in [0.29, 0.717) is 0 Å². The predicted octanol–water partition coefficient (Wildman–Crippen LogP) is 0.256. The number of aliphatic carboxylic acids is 1. The SMILES string of the molecule is Nc1nc(N(C(=O)C=O)[C@@H]2C(=O)N3CC(CSc4cnns4)(C(=O)O)CS[C@H]23)cs1. The maximum atomic E-state index is 12.9. The number of rotatable bonds is 7. The van der Waals surface area contributed by atoms with Crippen molar-refractivity contribution in [3.05, 3.63) is 11.6 Å². The number of carbonyl (C=O) groups excluding carboxylic acids is 3. The number of hydrogen-bond donors (Lipinski definition) is 2. The second kappa shape index (κ2) is 8.13. The van der Waals surface area contributed by atoms with Crippen molar-refractivity contribution in [2.75, 3.05) is 28.7 Å². The van der Waals surface area contributed by atoms with Gasteiger partial charge in [-0.25, -0.2) is 4.98 Å². The van der Waals surface area contributed by atoms with Crippen molar-refractivity contribution in [1.29, 1.82) is 0 Å². The van der Waals surface area contributed by atoms with Gasteiger partial charge < -0.3 is 15.7 Å². The zero-order chi connectivity index (χ0) is 21.5. The molecule has 1 unspecified atom stereocenters. The van der Waals surface area contributed by atoms with Crippen molar-refractivity contribution < 1.29 is 24.3 Å². The van der Waals surface area contributed by atoms with Gasteiger partial charge in [-0.3, -0.25) is 24.1 Å². The summed E-state index contributed by atoms with van der Waals surface area (Å²) in [5.74, 6) is -1.69. The Bertz CT molecular complexity index is 1000. The van der Waals surface area contributed by atoms with Crippen molar-refractivity contribution in [2.24, 2.45) is 5.41 Å². The van der Waals surface area contributed by atoms with Gasteiger partial charge in [-0.05, 0) is 11.5 Å². The van der Waals surface area contributed by atoms with Gasteiger partial charge in [-0.2, -0.15) is 0 Å². The van der Waals surface area contributed by atoms with E-state index >= 15 is 0 Å². The van der Waals surface area contributed by atoms with E-state index in [4.69, 9.17) is 5.73 Å². The average Bonchev–Trinajstić information content (AvgIpc) is 3.41. The van der Waals surface area contributed by atoms with Crippen LogP contribution >= 0.6 is 46.4 Å². The number of carboxylic acid groups (broad SMARTS) is 1. The molecule has 2 aromatic rings. The molecule has 3 atom stereocenters. The van der Waals surface area contributed by atoms with Crippen LogP contribution in [0.1, 0.15) is 0 Å². The van der Waals surface area contributed by atoms with Crippen LogP contribution in [0.15, 0.2) is 15.8 Å². The number of carbonyl (C=O) groups is 4. The maximum absolute atomic E-state index is 12.9. The number of aromatic nitrogens is 3. The summed E-state index contributed by atoms with van der Waals surface area (Å²) in [6.07, 6.45) is 1.69. The number of nitrogens with two attached hydrogens (primary N) is 1. The third-order valence-electron chi connectivity index (χ3n) is 4.78. The van der Waals surface area contributed by atoms with Crippen molar-refractivity contribution >= 4 is 81.4 Å². The van der Waals surface area contributed by atoms with Gasteiger partial charge >= 0.3 is 5.97 Å². The van der Waals surface area contributed by atoms with Gasteiger partial charge in [0.1, 0.15) is 26.9 Å². The molecule has 158 valence electrons. The van der Waals surface area contributed by atoms with E-state index in [1.165, 1.54) is 45.3 Å². The Hall–Kier alpha value is -2.23. The first kappa shape index (κ1) is 21.0. The van der Waals surface area contributed by atoms with E-state index in [-0.39, 0.29) is 35.3 Å². The van der Waals surface area contributed by atoms with Crippen LogP contribution in [-0.2, 0) is 19.2 Å². The molecule has 15 heteroatoms. The highest BCUT2D eigenvalue weighted by Gasteiger charge is 2.60. The molecule has 2 aromatic heterocycles. The molecular weight excluding hydrogens is 472 g/mol. The van der Waals surface area contributed by atoms with Crippen molar-refractivity contribution in [2.45, 2.75) is 15.6 Å². The molecule has 11 nitrogen and oxygen atoms in total. The highest BCUT2D eigenvalue weighted by molar-refractivity contribution is 8.01. The fourth-order valence-electron chi connectivity index (χ4n) is 3.26. The van der Waals surface area contributed by atoms with Crippen LogP contribution in [0.2, 0.25) is 0 Å². The normalized spacial score (nSPS) is 25.3. The standard InChI is InChI=1S/C15H14N6O5S4/c16-14-18-7(3-27-14)21(8(23)2-22)10-11(24)20-4-15(13(25)26,6-29-12(10)20)5-28-9-1-17-19-30-9/h1-3,10,12H,4-6H2,(H2,16,18)(H,25,26)/t10-,12-,15?/m1/s1. The number of β-lactam (4-membered cyclic amide) rings is 1. The summed E-state index contributed by atoms with van der Waals surface area (Å²) in [6.45, 7) is 0.0108. The monoisotopic (exact) mass is 486 g/mol. The van der Waals surface area contributed by atoms with E-state index in [1.54, 1.807) is 6.20 Å². The Morgan fingerprint density at radius 1 is 1.50 bits per heavy atom. The highest BCUT2D eigenvalue weighted by atomic mass is 32.2. The van der Waals surface area contributed by atoms with Gasteiger partial charge in [0.15, 0.2) is 5.13 Å². The molecule has 3 N–H and O–H groups in total. The number of aldehydes is 1. The molecular formula is C15H14N6O5S4. The number of fused-ring (bicyclic) bond motifs is 1. The Kier molecular flexibility index (Phi) is 5.69. The minimum Gasteiger partial charge on any atom is -0.481 e. The topological polar surface area (TPSA) is 160 Å². The molecule has 2 amide bonds. The number of nitrogens with zero attached hydrogens (tertiary/aromatic N) is 5. The van der Waals surface area contributed by atoms with E-state index in [0.717, 1.165) is 20.4 Å². The van der Waals surface area contributed by atoms with E-state index < -0.39 is 34.6 Å². The number of thiazole rings is 1. The zero-order valence-corrected chi connectivity index (χ0v) is 18.3. The molecule has 2 aliphatic heterocycles. The lowest BCUT2D eigenvalue weighted by atomic mass is 9.89. The Morgan fingerprint density at radius 2 is 2.30 bits per heavy atom. The minimum absolute atomic E-state index is 0.0108. The smallest absolute Gasteiger partial charge is 0.313 e. The third-order valence-corrected chi connectivity index (χ3v) is 9.14. The van der Waals surface area contributed by atoms with E-state index in [2.05, 4.69) is 14.6 Å². The number of nitrogen functional groups attached to an aromatic ring is 1. The predicted molar refractivity (Wildman–Crippen MR) is 113 cm³/mol. The van der Waals surface area contributed by atoms with Gasteiger partial charge in [0.05, 0.1) is 6.20 Å². The van der Waals surface area contributed by atoms with Gasteiger partial charge in [-0.15, -0.1) is 40.0 Å². The molecule has 30 heavy (non-hydrogen) atoms. The first-order valence-corrected chi connectivity index (χ1v) is 12.1. The molecule has 2 saturated heterocycles. The fourth-order valence-corrected chi connectivity index (χ4v) is 7.12. The quantitative estimate of drug-likeness (QED) is 0.239. The van der Waals surface area contributed by atoms with Crippen molar-refractivity contribution in [3.8, 4) is 0 Å². The summed E-state index contributed by atoms with van der Waals surface area (Å²) in [4.78, 5) is 54.9. The molecule has 2 fully saturated rings. The summed E-state index contributed by atoms with van der Waals surface area (Å²) >= 11 is 4.87. The van der Waals surface area contributed by atoms with Crippen LogP contribution in [-0.4, -0.2) is 78.1 Å². The number of hydrogen-bond acceptors (Lipinski definition) is 12. The zero-order valence-electron chi connectivity index (χ0n) is 15.0. The molecule has 0 aromatic carbocycles. The molecule has 0 bridgehead atoms. The summed E-state index contributed by atoms with van der Waals surface area (Å²) in [7, 11) is 0. The lowest BCUT2D eigenvalue weighted by molar-refractivity contribution is -0.156. The molecule has 4 rings (SSSR count). The Labute approximate surface area is 186 Å². The lowest BCUT2D eigenvalue weighted by Crippen LogP contribution is -2.75. The van der Waals surface area contributed by atoms with Crippen LogP contribution in [0.3, 0.4) is 0 Å². The van der Waals surface area contributed by atoms with E-state index in [1.807, 2.05) is 0 Å². The molecule has 0 spiro atoms. The number of carboxylic acids is 1. The van der Waals surface area contributed by atoms with Crippen LogP contribution in [0.25, 0.3) is 0 Å². The first-order chi connectivity index (χ1) is 14.4. The fraction of sp³-hybridized carbons (Fsp3) is 0.400. The van der Waals surface area contributed by atoms with Crippen molar-refractivity contribution in [1.82, 2.24) is 19.5 Å². The number of amides is 2. The summed E-state index contributed by atoms with van der Waals surface area (Å²) in [5, 5.41) is 14.9. The average molecular weight is 487 g/mol. The minimum atomic E-state index is -1.15. The molecule has 0 radical (unpaired) electrons. The second-order valence-electron chi connectivity index (χ2n) is 6.59. The summed E-state index contributed by atoms with van der Waals surface area (Å²) in [6, 6.07) is -0.931. The molecule has 0 aliphatic carbocycles. The Morgan fingerprint density at radius 3 is 2.90 bits per heavy atom. The van der Waals surface area contributed by atoms with Crippen LogP contribution in [0.4, 0.5) is 10.9 Å². The number of anilines is 2. The van der Waals surface area contributed by atoms with Gasteiger partial charge in [0, 0.05) is 23.4 Å². The Balaban J connectivity index is 1.54. The second-order valence-corrected chi connectivity index (χ2v) is 10.6. The van der Waals surface area contributed by atoms with E-state index in [9.17, 15) is 24.3 Å². The largest absolute Gasteiger partial charge is 0.481 e. The molecule has 0 saturated carbocycles. The third kappa shape index (κ3) is 3.55. The summed E-state index contributed by atoms with van der Waals surface area (Å²) in [5.41, 5.74) is 4.48.